The number of carbonyl (C=O) groups is 3. The number of rotatable bonds is 10. The van der Waals surface area contributed by atoms with Gasteiger partial charge in [0.15, 0.2) is 17.3 Å². The first kappa shape index (κ1) is 38.3. The molecule has 0 saturated heterocycles. The number of Topliss-reactive ketones (excluding diaryl/α,β-unsaturated/α-hetero) is 3. The molecule has 0 radical (unpaired) electrons. The van der Waals surface area contributed by atoms with Gasteiger partial charge in [-0.15, -0.1) is 0 Å². The summed E-state index contributed by atoms with van der Waals surface area (Å²) in [5, 5.41) is 6.58. The lowest BCUT2D eigenvalue weighted by Crippen LogP contribution is -2.49. The maximum atomic E-state index is 16.4. The van der Waals surface area contributed by atoms with E-state index in [0.29, 0.717) is 35.1 Å². The van der Waals surface area contributed by atoms with Crippen molar-refractivity contribution in [2.45, 2.75) is 40.5 Å². The van der Waals surface area contributed by atoms with Crippen molar-refractivity contribution in [1.82, 2.24) is 10.6 Å². The first-order chi connectivity index (χ1) is 28.1. The van der Waals surface area contributed by atoms with Gasteiger partial charge in [-0.3, -0.25) is 14.4 Å². The summed E-state index contributed by atoms with van der Waals surface area (Å²) >= 11 is 0. The number of ketones is 3. The van der Waals surface area contributed by atoms with Gasteiger partial charge in [-0.25, -0.2) is 0 Å². The molecule has 2 N–H and O–H groups in total. The van der Waals surface area contributed by atoms with Crippen molar-refractivity contribution in [2.75, 3.05) is 0 Å². The van der Waals surface area contributed by atoms with E-state index in [4.69, 9.17) is 0 Å². The van der Waals surface area contributed by atoms with Gasteiger partial charge in [-0.05, 0) is 97.5 Å². The average Bonchev–Trinajstić information content (AvgIpc) is 3.27. The van der Waals surface area contributed by atoms with E-state index in [2.05, 4.69) is 73.1 Å². The Bertz CT molecular complexity index is 2390. The third-order valence-electron chi connectivity index (χ3n) is 12.3. The van der Waals surface area contributed by atoms with Gasteiger partial charge in [0.2, 0.25) is 0 Å². The molecular formula is C53H48N2O3. The minimum absolute atomic E-state index is 0.0715. The van der Waals surface area contributed by atoms with Crippen molar-refractivity contribution in [1.29, 1.82) is 0 Å². The number of allylic oxidation sites excluding steroid dienone is 12. The molecule has 58 heavy (non-hydrogen) atoms. The van der Waals surface area contributed by atoms with E-state index in [1.165, 1.54) is 0 Å². The Morgan fingerprint density at radius 1 is 0.534 bits per heavy atom. The molecule has 4 aliphatic rings. The molecule has 8 rings (SSSR count). The van der Waals surface area contributed by atoms with Gasteiger partial charge in [0.25, 0.3) is 0 Å². The van der Waals surface area contributed by atoms with E-state index in [1.54, 1.807) is 0 Å². The highest BCUT2D eigenvalue weighted by Crippen LogP contribution is 2.55. The lowest BCUT2D eigenvalue weighted by molar-refractivity contribution is -0.135. The van der Waals surface area contributed by atoms with Crippen molar-refractivity contribution in [3.63, 3.8) is 0 Å². The Balaban J connectivity index is 1.38. The third-order valence-corrected chi connectivity index (χ3v) is 12.3. The molecule has 4 unspecified atom stereocenters. The molecule has 2 aliphatic heterocycles. The molecule has 0 fully saturated rings. The van der Waals surface area contributed by atoms with E-state index in [0.717, 1.165) is 44.5 Å². The molecule has 5 nitrogen and oxygen atoms in total. The normalized spacial score (nSPS) is 23.8. The summed E-state index contributed by atoms with van der Waals surface area (Å²) in [5.74, 6) is -1.19. The molecule has 0 saturated carbocycles. The summed E-state index contributed by atoms with van der Waals surface area (Å²) in [5.41, 5.74) is 7.30. The van der Waals surface area contributed by atoms with Crippen LogP contribution in [0.4, 0.5) is 0 Å². The van der Waals surface area contributed by atoms with Crippen molar-refractivity contribution >= 4 is 28.5 Å². The Labute approximate surface area is 341 Å². The number of benzene rings is 4. The van der Waals surface area contributed by atoms with Gasteiger partial charge in [0.1, 0.15) is 0 Å². The maximum absolute atomic E-state index is 16.4. The lowest BCUT2D eigenvalue weighted by Gasteiger charge is -2.47. The first-order valence-electron chi connectivity index (χ1n) is 20.1. The highest BCUT2D eigenvalue weighted by Gasteiger charge is 2.54. The molecule has 4 atom stereocenters. The third kappa shape index (κ3) is 6.91. The van der Waals surface area contributed by atoms with Crippen LogP contribution in [-0.4, -0.2) is 17.3 Å². The number of nitrogens with one attached hydrogen (secondary N) is 2. The number of carbonyl (C=O) groups excluding carboxylic acids is 3. The fourth-order valence-corrected chi connectivity index (χ4v) is 9.25. The zero-order valence-corrected chi connectivity index (χ0v) is 33.5. The molecule has 4 aromatic carbocycles. The molecule has 2 heterocycles. The zero-order valence-electron chi connectivity index (χ0n) is 33.5. The van der Waals surface area contributed by atoms with Crippen LogP contribution in [0, 0.1) is 36.5 Å². The molecular weight excluding hydrogens is 713 g/mol. The molecule has 0 aromatic heterocycles. The van der Waals surface area contributed by atoms with E-state index < -0.39 is 22.7 Å². The molecule has 0 bridgehead atoms. The van der Waals surface area contributed by atoms with Crippen molar-refractivity contribution < 1.29 is 14.4 Å². The molecule has 2 aliphatic carbocycles. The lowest BCUT2D eigenvalue weighted by atomic mass is 9.54. The summed E-state index contributed by atoms with van der Waals surface area (Å²) in [4.78, 5) is 46.1. The Hall–Kier alpha value is -6.59. The highest BCUT2D eigenvalue weighted by molar-refractivity contribution is 6.21. The second-order valence-electron chi connectivity index (χ2n) is 16.1. The molecule has 0 amide bonds. The minimum atomic E-state index is -1.22. The topological polar surface area (TPSA) is 75.3 Å². The zero-order chi connectivity index (χ0) is 40.4. The largest absolute Gasteiger partial charge is 0.368 e. The Morgan fingerprint density at radius 2 is 0.914 bits per heavy atom. The quantitative estimate of drug-likeness (QED) is 0.157. The minimum Gasteiger partial charge on any atom is -0.368 e. The van der Waals surface area contributed by atoms with Crippen LogP contribution in [0.25, 0.3) is 11.1 Å². The summed E-state index contributed by atoms with van der Waals surface area (Å²) in [7, 11) is 0. The van der Waals surface area contributed by atoms with E-state index in [9.17, 15) is 9.59 Å². The van der Waals surface area contributed by atoms with Gasteiger partial charge in [-0.1, -0.05) is 146 Å². The second kappa shape index (κ2) is 15.7. The van der Waals surface area contributed by atoms with Crippen LogP contribution >= 0.6 is 0 Å². The van der Waals surface area contributed by atoms with Crippen molar-refractivity contribution in [3.8, 4) is 0 Å². The molecule has 4 aromatic rings. The van der Waals surface area contributed by atoms with Gasteiger partial charge in [0, 0.05) is 46.5 Å². The van der Waals surface area contributed by atoms with Crippen LogP contribution in [0.2, 0.25) is 0 Å². The van der Waals surface area contributed by atoms with Crippen molar-refractivity contribution in [2.24, 2.45) is 22.7 Å². The summed E-state index contributed by atoms with van der Waals surface area (Å²) in [6.07, 6.45) is 21.5. The predicted molar refractivity (Wildman–Crippen MR) is 234 cm³/mol. The van der Waals surface area contributed by atoms with Crippen LogP contribution in [0.1, 0.15) is 69.7 Å². The number of aryl methyl sites for hydroxylation is 2. The van der Waals surface area contributed by atoms with Crippen LogP contribution < -0.4 is 10.6 Å². The summed E-state index contributed by atoms with van der Waals surface area (Å²) in [6, 6.07) is 34.8. The molecule has 288 valence electrons. The van der Waals surface area contributed by atoms with Crippen molar-refractivity contribution in [3.05, 3.63) is 226 Å². The van der Waals surface area contributed by atoms with Crippen LogP contribution in [0.3, 0.4) is 0 Å². The SMILES string of the molecule is Cc1ccccc1C1=CC(C2=CNC=CC2)C(C)(C(=O)C2(C)C=C(C(=O)c3ccccc3)C(c3ccccc3C)=CC2C2=CNC=CC2)C=C1C(=O)c1ccccc1. The average molecular weight is 761 g/mol. The fourth-order valence-electron chi connectivity index (χ4n) is 9.25. The summed E-state index contributed by atoms with van der Waals surface area (Å²) in [6.45, 7) is 8.10. The van der Waals surface area contributed by atoms with Gasteiger partial charge >= 0.3 is 0 Å². The number of hydrogen-bond acceptors (Lipinski definition) is 5. The highest BCUT2D eigenvalue weighted by atomic mass is 16.1. The van der Waals surface area contributed by atoms with Crippen LogP contribution in [0.15, 0.2) is 193 Å². The van der Waals surface area contributed by atoms with E-state index >= 15 is 4.79 Å². The van der Waals surface area contributed by atoms with Gasteiger partial charge in [-0.2, -0.15) is 0 Å². The second-order valence-corrected chi connectivity index (χ2v) is 16.1. The number of dihydropyridines is 2. The van der Waals surface area contributed by atoms with E-state index in [1.807, 2.05) is 136 Å². The van der Waals surface area contributed by atoms with Crippen LogP contribution in [-0.2, 0) is 4.79 Å². The van der Waals surface area contributed by atoms with Gasteiger partial charge in [0.05, 0.1) is 10.8 Å². The Kier molecular flexibility index (Phi) is 10.4. The standard InChI is InChI=1S/C53H48N2O3/c1-35-17-11-13-25-41(35)43-29-47(39-23-15-27-54-33-39)52(3,31-45(43)49(56)37-19-7-5-8-20-37)51(58)53(4)32-46(50(57)38-21-9-6-10-22-38)44(42-26-14-12-18-36(42)2)30-48(53)40-24-16-28-55-34-40/h5-22,25-34,47-48,54-55H,23-24H2,1-4H3. The van der Waals surface area contributed by atoms with Crippen LogP contribution in [0.5, 0.6) is 0 Å². The molecule has 5 heteroatoms. The predicted octanol–water partition coefficient (Wildman–Crippen LogP) is 11.0. The summed E-state index contributed by atoms with van der Waals surface area (Å²) < 4.78 is 0. The first-order valence-corrected chi connectivity index (χ1v) is 20.1. The Morgan fingerprint density at radius 3 is 1.28 bits per heavy atom. The smallest absolute Gasteiger partial charge is 0.193 e. The molecule has 0 spiro atoms. The van der Waals surface area contributed by atoms with Gasteiger partial charge < -0.3 is 10.6 Å². The maximum Gasteiger partial charge on any atom is 0.193 e. The monoisotopic (exact) mass is 760 g/mol. The number of hydrogen-bond donors (Lipinski definition) is 2. The fraction of sp³-hybridized carbons (Fsp3) is 0.189. The van der Waals surface area contributed by atoms with E-state index in [-0.39, 0.29) is 17.3 Å².